The van der Waals surface area contributed by atoms with Crippen LogP contribution < -0.4 is 10.1 Å². The van der Waals surface area contributed by atoms with E-state index in [9.17, 15) is 0 Å². The number of hydrogen-bond donors (Lipinski definition) is 1. The van der Waals surface area contributed by atoms with Gasteiger partial charge in [-0.15, -0.1) is 0 Å². The molecule has 2 rings (SSSR count). The number of benzene rings is 2. The van der Waals surface area contributed by atoms with Crippen LogP contribution in [0.25, 0.3) is 0 Å². The van der Waals surface area contributed by atoms with Crippen molar-refractivity contribution in [2.45, 2.75) is 36.2 Å². The van der Waals surface area contributed by atoms with Crippen LogP contribution in [0.2, 0.25) is 5.02 Å². The van der Waals surface area contributed by atoms with Gasteiger partial charge in [0.15, 0.2) is 0 Å². The average Bonchev–Trinajstić information content (AvgIpc) is 2.46. The van der Waals surface area contributed by atoms with Gasteiger partial charge >= 0.3 is 0 Å². The lowest BCUT2D eigenvalue weighted by atomic mass is 10.2. The Hall–Kier alpha value is -1.16. The number of rotatable bonds is 6. The van der Waals surface area contributed by atoms with Gasteiger partial charge in [-0.05, 0) is 35.9 Å². The molecule has 0 amide bonds. The first-order chi connectivity index (χ1) is 10.1. The third-order valence-electron chi connectivity index (χ3n) is 3.03. The van der Waals surface area contributed by atoms with Crippen LogP contribution in [0, 0.1) is 0 Å². The summed E-state index contributed by atoms with van der Waals surface area (Å²) in [7, 11) is 1.68. The Morgan fingerprint density at radius 3 is 2.67 bits per heavy atom. The molecule has 0 aliphatic carbocycles. The zero-order valence-corrected chi connectivity index (χ0v) is 14.1. The molecule has 2 nitrogen and oxygen atoms in total. The minimum atomic E-state index is 0.427. The van der Waals surface area contributed by atoms with Crippen molar-refractivity contribution in [3.8, 4) is 5.75 Å². The Labute approximate surface area is 135 Å². The lowest BCUT2D eigenvalue weighted by Crippen LogP contribution is -2.22. The van der Waals surface area contributed by atoms with E-state index < -0.39 is 0 Å². The van der Waals surface area contributed by atoms with Crippen LogP contribution in [0.3, 0.4) is 0 Å². The first-order valence-electron chi connectivity index (χ1n) is 6.93. The normalized spacial score (nSPS) is 10.9. The van der Waals surface area contributed by atoms with E-state index in [4.69, 9.17) is 16.3 Å². The summed E-state index contributed by atoms with van der Waals surface area (Å²) >= 11 is 8.06. The minimum Gasteiger partial charge on any atom is -0.497 e. The van der Waals surface area contributed by atoms with Crippen LogP contribution in [0.4, 0.5) is 0 Å². The predicted molar refractivity (Wildman–Crippen MR) is 90.5 cm³/mol. The molecule has 2 aromatic rings. The molecule has 0 saturated heterocycles. The first kappa shape index (κ1) is 16.2. The maximum atomic E-state index is 6.36. The van der Waals surface area contributed by atoms with E-state index in [-0.39, 0.29) is 0 Å². The van der Waals surface area contributed by atoms with Gasteiger partial charge in [0.25, 0.3) is 0 Å². The van der Waals surface area contributed by atoms with Crippen LogP contribution in [0.15, 0.2) is 52.3 Å². The molecule has 112 valence electrons. The van der Waals surface area contributed by atoms with Crippen molar-refractivity contribution < 1.29 is 4.74 Å². The summed E-state index contributed by atoms with van der Waals surface area (Å²) in [6.45, 7) is 5.03. The van der Waals surface area contributed by atoms with E-state index in [1.807, 2.05) is 30.3 Å². The van der Waals surface area contributed by atoms with Gasteiger partial charge in [-0.25, -0.2) is 0 Å². The molecule has 0 unspecified atom stereocenters. The largest absolute Gasteiger partial charge is 0.497 e. The molecular weight excluding hydrogens is 302 g/mol. The molecule has 21 heavy (non-hydrogen) atoms. The van der Waals surface area contributed by atoms with Crippen molar-refractivity contribution >= 4 is 23.4 Å². The fraction of sp³-hybridized carbons (Fsp3) is 0.294. The third-order valence-corrected chi connectivity index (χ3v) is 4.48. The van der Waals surface area contributed by atoms with Gasteiger partial charge < -0.3 is 10.1 Å². The zero-order chi connectivity index (χ0) is 15.2. The van der Waals surface area contributed by atoms with E-state index in [1.54, 1.807) is 18.9 Å². The number of methoxy groups -OCH3 is 1. The molecule has 0 aromatic heterocycles. The summed E-state index contributed by atoms with van der Waals surface area (Å²) in [5.74, 6) is 0.865. The van der Waals surface area contributed by atoms with Gasteiger partial charge in [-0.3, -0.25) is 0 Å². The van der Waals surface area contributed by atoms with E-state index in [0.29, 0.717) is 6.04 Å². The second kappa shape index (κ2) is 7.74. The average molecular weight is 322 g/mol. The lowest BCUT2D eigenvalue weighted by Gasteiger charge is -2.14. The Morgan fingerprint density at radius 2 is 1.95 bits per heavy atom. The first-order valence-corrected chi connectivity index (χ1v) is 8.12. The molecule has 0 bridgehead atoms. The smallest absolute Gasteiger partial charge is 0.119 e. The Kier molecular flexibility index (Phi) is 5.97. The number of halogens is 1. The van der Waals surface area contributed by atoms with Gasteiger partial charge in [-0.1, -0.05) is 49.3 Å². The molecule has 4 heteroatoms. The fourth-order valence-corrected chi connectivity index (χ4v) is 3.23. The van der Waals surface area contributed by atoms with E-state index in [0.717, 1.165) is 27.8 Å². The topological polar surface area (TPSA) is 21.3 Å². The SMILES string of the molecule is COc1cccc(Sc2cccc(Cl)c2CNC(C)C)c1. The zero-order valence-electron chi connectivity index (χ0n) is 12.5. The Bertz CT molecular complexity index is 601. The van der Waals surface area contributed by atoms with Gasteiger partial charge in [0.05, 0.1) is 7.11 Å². The van der Waals surface area contributed by atoms with Crippen molar-refractivity contribution in [1.82, 2.24) is 5.32 Å². The minimum absolute atomic E-state index is 0.427. The molecule has 0 heterocycles. The summed E-state index contributed by atoms with van der Waals surface area (Å²) < 4.78 is 5.27. The van der Waals surface area contributed by atoms with Gasteiger partial charge in [-0.2, -0.15) is 0 Å². The van der Waals surface area contributed by atoms with Gasteiger partial charge in [0.1, 0.15) is 5.75 Å². The van der Waals surface area contributed by atoms with E-state index in [1.165, 1.54) is 4.90 Å². The molecule has 0 radical (unpaired) electrons. The van der Waals surface area contributed by atoms with Crippen LogP contribution in [0.5, 0.6) is 5.75 Å². The van der Waals surface area contributed by atoms with E-state index in [2.05, 4.69) is 31.3 Å². The number of ether oxygens (including phenoxy) is 1. The Morgan fingerprint density at radius 1 is 1.19 bits per heavy atom. The summed E-state index contributed by atoms with van der Waals surface area (Å²) in [4.78, 5) is 2.31. The molecule has 0 aliphatic heterocycles. The van der Waals surface area contributed by atoms with Gasteiger partial charge in [0, 0.05) is 27.4 Å². The predicted octanol–water partition coefficient (Wildman–Crippen LogP) is 5.00. The highest BCUT2D eigenvalue weighted by atomic mass is 35.5. The molecule has 1 N–H and O–H groups in total. The molecule has 0 aliphatic rings. The molecule has 0 atom stereocenters. The maximum Gasteiger partial charge on any atom is 0.119 e. The van der Waals surface area contributed by atoms with Crippen LogP contribution in [-0.4, -0.2) is 13.2 Å². The maximum absolute atomic E-state index is 6.36. The molecule has 0 spiro atoms. The highest BCUT2D eigenvalue weighted by Crippen LogP contribution is 2.35. The highest BCUT2D eigenvalue weighted by Gasteiger charge is 2.09. The van der Waals surface area contributed by atoms with Crippen molar-refractivity contribution in [1.29, 1.82) is 0 Å². The van der Waals surface area contributed by atoms with Crippen molar-refractivity contribution in [3.05, 3.63) is 53.1 Å². The second-order valence-corrected chi connectivity index (χ2v) is 6.56. The van der Waals surface area contributed by atoms with Crippen LogP contribution in [-0.2, 0) is 6.54 Å². The quantitative estimate of drug-likeness (QED) is 0.809. The van der Waals surface area contributed by atoms with E-state index >= 15 is 0 Å². The number of nitrogens with one attached hydrogen (secondary N) is 1. The molecule has 0 fully saturated rings. The van der Waals surface area contributed by atoms with Crippen LogP contribution >= 0.6 is 23.4 Å². The molecule has 0 saturated carbocycles. The van der Waals surface area contributed by atoms with Gasteiger partial charge in [0.2, 0.25) is 0 Å². The third kappa shape index (κ3) is 4.67. The van der Waals surface area contributed by atoms with Crippen molar-refractivity contribution in [3.63, 3.8) is 0 Å². The molecular formula is C17H20ClNOS. The highest BCUT2D eigenvalue weighted by molar-refractivity contribution is 7.99. The Balaban J connectivity index is 2.24. The summed E-state index contributed by atoms with van der Waals surface area (Å²) in [6, 6.07) is 14.5. The van der Waals surface area contributed by atoms with Crippen molar-refractivity contribution in [2.24, 2.45) is 0 Å². The van der Waals surface area contributed by atoms with Crippen LogP contribution in [0.1, 0.15) is 19.4 Å². The summed E-state index contributed by atoms with van der Waals surface area (Å²) in [5.41, 5.74) is 1.14. The number of hydrogen-bond acceptors (Lipinski definition) is 3. The molecule has 2 aromatic carbocycles. The summed E-state index contributed by atoms with van der Waals surface area (Å²) in [5, 5.41) is 4.23. The summed E-state index contributed by atoms with van der Waals surface area (Å²) in [6.07, 6.45) is 0. The van der Waals surface area contributed by atoms with Crippen molar-refractivity contribution in [2.75, 3.05) is 7.11 Å². The monoisotopic (exact) mass is 321 g/mol. The fourth-order valence-electron chi connectivity index (χ4n) is 1.90. The standard InChI is InChI=1S/C17H20ClNOS/c1-12(2)19-11-15-16(18)8-5-9-17(15)21-14-7-4-6-13(10-14)20-3/h4-10,12,19H,11H2,1-3H3. The lowest BCUT2D eigenvalue weighted by molar-refractivity contribution is 0.413. The second-order valence-electron chi connectivity index (χ2n) is 5.03.